The van der Waals surface area contributed by atoms with E-state index in [4.69, 9.17) is 13.7 Å². The van der Waals surface area contributed by atoms with Crippen LogP contribution in [0.3, 0.4) is 0 Å². The average molecular weight is 376 g/mol. The van der Waals surface area contributed by atoms with Crippen LogP contribution >= 0.6 is 0 Å². The van der Waals surface area contributed by atoms with E-state index in [9.17, 15) is 4.79 Å². The Kier molecular flexibility index (Phi) is 7.00. The molecule has 27 heavy (non-hydrogen) atoms. The molecule has 0 radical (unpaired) electrons. The van der Waals surface area contributed by atoms with Gasteiger partial charge in [0.05, 0.1) is 12.4 Å². The van der Waals surface area contributed by atoms with E-state index in [0.29, 0.717) is 43.3 Å². The van der Waals surface area contributed by atoms with Gasteiger partial charge in [-0.3, -0.25) is 4.79 Å². The van der Waals surface area contributed by atoms with E-state index in [1.807, 2.05) is 19.0 Å². The summed E-state index contributed by atoms with van der Waals surface area (Å²) in [7, 11) is 4.03. The van der Waals surface area contributed by atoms with Crippen LogP contribution in [0.1, 0.15) is 31.6 Å². The molecule has 2 aromatic heterocycles. The Balaban J connectivity index is 1.47. The van der Waals surface area contributed by atoms with Crippen LogP contribution in [0.2, 0.25) is 0 Å². The lowest BCUT2D eigenvalue weighted by molar-refractivity contribution is -0.133. The first-order valence-corrected chi connectivity index (χ1v) is 9.52. The summed E-state index contributed by atoms with van der Waals surface area (Å²) < 4.78 is 16.2. The maximum Gasteiger partial charge on any atom is 0.238 e. The third-order valence-electron chi connectivity index (χ3n) is 4.61. The molecule has 1 saturated heterocycles. The highest BCUT2D eigenvalue weighted by molar-refractivity contribution is 5.76. The molecule has 148 valence electrons. The predicted molar refractivity (Wildman–Crippen MR) is 99.0 cm³/mol. The van der Waals surface area contributed by atoms with Crippen molar-refractivity contribution in [2.24, 2.45) is 0 Å². The first kappa shape index (κ1) is 19.6. The van der Waals surface area contributed by atoms with E-state index >= 15 is 0 Å². The Bertz CT molecular complexity index is 692. The van der Waals surface area contributed by atoms with Crippen LogP contribution in [0.25, 0.3) is 11.6 Å². The van der Waals surface area contributed by atoms with Crippen molar-refractivity contribution in [2.45, 2.75) is 38.2 Å². The fraction of sp³-hybridized carbons (Fsp3) is 0.632. The second-order valence-corrected chi connectivity index (χ2v) is 7.12. The number of rotatable bonds is 10. The molecule has 0 unspecified atom stereocenters. The Morgan fingerprint density at radius 2 is 2.22 bits per heavy atom. The number of hydrogen-bond donors (Lipinski definition) is 0. The Morgan fingerprint density at radius 3 is 2.93 bits per heavy atom. The quantitative estimate of drug-likeness (QED) is 0.628. The highest BCUT2D eigenvalue weighted by Gasteiger charge is 2.22. The minimum Gasteiger partial charge on any atom is -0.461 e. The highest BCUT2D eigenvalue weighted by atomic mass is 16.5. The van der Waals surface area contributed by atoms with Crippen LogP contribution < -0.4 is 0 Å². The number of ether oxygens (including phenoxy) is 1. The molecule has 8 heteroatoms. The van der Waals surface area contributed by atoms with Crippen molar-refractivity contribution in [3.05, 3.63) is 24.3 Å². The number of carbonyl (C=O) groups excluding carboxylic acids is 1. The zero-order valence-corrected chi connectivity index (χ0v) is 16.1. The fourth-order valence-electron chi connectivity index (χ4n) is 3.08. The van der Waals surface area contributed by atoms with Crippen LogP contribution in [0.4, 0.5) is 0 Å². The van der Waals surface area contributed by atoms with Crippen molar-refractivity contribution in [2.75, 3.05) is 40.3 Å². The molecule has 0 aliphatic carbocycles. The van der Waals surface area contributed by atoms with Crippen LogP contribution in [-0.4, -0.2) is 72.3 Å². The summed E-state index contributed by atoms with van der Waals surface area (Å²) in [6.45, 7) is 3.04. The summed E-state index contributed by atoms with van der Waals surface area (Å²) in [4.78, 5) is 21.0. The van der Waals surface area contributed by atoms with Crippen LogP contribution in [-0.2, 0) is 16.0 Å². The molecule has 1 amide bonds. The Hall–Kier alpha value is -2.19. The van der Waals surface area contributed by atoms with Crippen LogP contribution in [0.5, 0.6) is 0 Å². The largest absolute Gasteiger partial charge is 0.461 e. The molecule has 3 rings (SSSR count). The monoisotopic (exact) mass is 376 g/mol. The molecule has 1 aliphatic heterocycles. The molecule has 1 fully saturated rings. The summed E-state index contributed by atoms with van der Waals surface area (Å²) in [5.41, 5.74) is 0. The van der Waals surface area contributed by atoms with E-state index in [2.05, 4.69) is 15.0 Å². The average Bonchev–Trinajstić information content (AvgIpc) is 3.40. The van der Waals surface area contributed by atoms with Crippen molar-refractivity contribution in [1.29, 1.82) is 0 Å². The van der Waals surface area contributed by atoms with Gasteiger partial charge in [-0.2, -0.15) is 4.98 Å². The second kappa shape index (κ2) is 9.66. The molecule has 0 N–H and O–H groups in total. The molecule has 0 aromatic carbocycles. The number of hydrogen-bond acceptors (Lipinski definition) is 7. The third-order valence-corrected chi connectivity index (χ3v) is 4.61. The van der Waals surface area contributed by atoms with Crippen LogP contribution in [0, 0.1) is 0 Å². The van der Waals surface area contributed by atoms with Gasteiger partial charge in [0.1, 0.15) is 0 Å². The number of aryl methyl sites for hydroxylation is 1. The number of furan rings is 1. The van der Waals surface area contributed by atoms with Crippen molar-refractivity contribution in [3.63, 3.8) is 0 Å². The molecule has 1 aliphatic rings. The van der Waals surface area contributed by atoms with E-state index in [0.717, 1.165) is 32.5 Å². The number of aromatic nitrogens is 2. The SMILES string of the molecule is CN(C)CCN(C[C@H]1CCCO1)C(=O)CCCc1nc(-c2ccco2)no1. The highest BCUT2D eigenvalue weighted by Crippen LogP contribution is 2.17. The van der Waals surface area contributed by atoms with Gasteiger partial charge in [-0.25, -0.2) is 0 Å². The smallest absolute Gasteiger partial charge is 0.238 e. The van der Waals surface area contributed by atoms with Gasteiger partial charge in [0.15, 0.2) is 5.76 Å². The molecule has 3 heterocycles. The van der Waals surface area contributed by atoms with Gasteiger partial charge in [-0.05, 0) is 45.5 Å². The number of amides is 1. The number of carbonyl (C=O) groups is 1. The first-order valence-electron chi connectivity index (χ1n) is 9.52. The molecular weight excluding hydrogens is 348 g/mol. The van der Waals surface area contributed by atoms with Crippen molar-refractivity contribution >= 4 is 5.91 Å². The van der Waals surface area contributed by atoms with Gasteiger partial charge in [-0.1, -0.05) is 5.16 Å². The van der Waals surface area contributed by atoms with E-state index in [1.54, 1.807) is 18.4 Å². The van der Waals surface area contributed by atoms with Gasteiger partial charge in [0.2, 0.25) is 17.6 Å². The minimum absolute atomic E-state index is 0.151. The van der Waals surface area contributed by atoms with E-state index in [-0.39, 0.29) is 12.0 Å². The van der Waals surface area contributed by atoms with Gasteiger partial charge in [-0.15, -0.1) is 0 Å². The summed E-state index contributed by atoms with van der Waals surface area (Å²) in [5, 5.41) is 3.91. The molecular formula is C19H28N4O4. The summed E-state index contributed by atoms with van der Waals surface area (Å²) >= 11 is 0. The van der Waals surface area contributed by atoms with Crippen molar-refractivity contribution in [1.82, 2.24) is 19.9 Å². The summed E-state index contributed by atoms with van der Waals surface area (Å²) in [6, 6.07) is 3.56. The van der Waals surface area contributed by atoms with Gasteiger partial charge >= 0.3 is 0 Å². The predicted octanol–water partition coefficient (Wildman–Crippen LogP) is 2.22. The van der Waals surface area contributed by atoms with Crippen molar-refractivity contribution in [3.8, 4) is 11.6 Å². The number of nitrogens with zero attached hydrogens (tertiary/aromatic N) is 4. The lowest BCUT2D eigenvalue weighted by Gasteiger charge is -2.27. The minimum atomic E-state index is 0.151. The Morgan fingerprint density at radius 1 is 1.33 bits per heavy atom. The molecule has 1 atom stereocenters. The molecule has 0 spiro atoms. The van der Waals surface area contributed by atoms with Gasteiger partial charge < -0.3 is 23.5 Å². The van der Waals surface area contributed by atoms with Gasteiger partial charge in [0.25, 0.3) is 0 Å². The van der Waals surface area contributed by atoms with Crippen molar-refractivity contribution < 1.29 is 18.5 Å². The topological polar surface area (TPSA) is 84.8 Å². The summed E-state index contributed by atoms with van der Waals surface area (Å²) in [5.74, 6) is 1.69. The first-order chi connectivity index (χ1) is 13.1. The van der Waals surface area contributed by atoms with E-state index in [1.165, 1.54) is 0 Å². The summed E-state index contributed by atoms with van der Waals surface area (Å²) in [6.07, 6.45) is 5.55. The molecule has 8 nitrogen and oxygen atoms in total. The van der Waals surface area contributed by atoms with Crippen LogP contribution in [0.15, 0.2) is 27.3 Å². The standard InChI is InChI=1S/C19H28N4O4/c1-22(2)10-11-23(14-15-6-4-12-25-15)18(24)9-3-8-17-20-19(21-27-17)16-7-5-13-26-16/h5,7,13,15H,3-4,6,8-12,14H2,1-2H3/t15-/m1/s1. The molecule has 2 aromatic rings. The fourth-order valence-corrected chi connectivity index (χ4v) is 3.08. The van der Waals surface area contributed by atoms with Gasteiger partial charge in [0, 0.05) is 39.1 Å². The molecule has 0 saturated carbocycles. The normalized spacial score (nSPS) is 16.9. The lowest BCUT2D eigenvalue weighted by atomic mass is 10.2. The Labute approximate surface area is 159 Å². The van der Waals surface area contributed by atoms with E-state index < -0.39 is 0 Å². The number of likely N-dealkylation sites (N-methyl/N-ethyl adjacent to an activating group) is 1. The zero-order chi connectivity index (χ0) is 19.1. The zero-order valence-electron chi connectivity index (χ0n) is 16.1. The maximum atomic E-state index is 12.7. The molecule has 0 bridgehead atoms. The second-order valence-electron chi connectivity index (χ2n) is 7.12. The lowest BCUT2D eigenvalue weighted by Crippen LogP contribution is -2.41. The maximum absolute atomic E-state index is 12.7. The third kappa shape index (κ3) is 5.90.